The van der Waals surface area contributed by atoms with Crippen molar-refractivity contribution in [2.24, 2.45) is 5.73 Å². The minimum absolute atomic E-state index is 0. The largest absolute Gasteiger partial charge is 0.324 e. The molecule has 0 aromatic heterocycles. The molecule has 2 N–H and O–H groups in total. The Morgan fingerprint density at radius 3 is 2.17 bits per heavy atom. The van der Waals surface area contributed by atoms with E-state index in [4.69, 9.17) is 5.73 Å². The molecule has 18 heavy (non-hydrogen) atoms. The zero-order valence-corrected chi connectivity index (χ0v) is 13.5. The zero-order chi connectivity index (χ0) is 13.3. The lowest BCUT2D eigenvalue weighted by Gasteiger charge is -2.43. The Kier molecular flexibility index (Phi) is 6.13. The molecule has 0 aromatic rings. The summed E-state index contributed by atoms with van der Waals surface area (Å²) in [6.45, 7) is 9.90. The Labute approximate surface area is 118 Å². The minimum Gasteiger partial charge on any atom is -0.324 e. The molecule has 0 radical (unpaired) electrons. The van der Waals surface area contributed by atoms with Crippen LogP contribution in [-0.2, 0) is 9.84 Å². The molecule has 1 heterocycles. The first kappa shape index (κ1) is 18.2. The summed E-state index contributed by atoms with van der Waals surface area (Å²) < 4.78 is 23.9. The molecule has 0 saturated carbocycles. The molecular formula is C12H27ClN2O2S. The van der Waals surface area contributed by atoms with Gasteiger partial charge in [0.15, 0.2) is 9.84 Å². The van der Waals surface area contributed by atoms with Gasteiger partial charge >= 0.3 is 0 Å². The maximum absolute atomic E-state index is 12.2. The van der Waals surface area contributed by atoms with Crippen LogP contribution in [0.4, 0.5) is 0 Å². The first-order valence-corrected chi connectivity index (χ1v) is 8.04. The molecule has 0 bridgehead atoms. The molecule has 1 rings (SSSR count). The quantitative estimate of drug-likeness (QED) is 0.853. The summed E-state index contributed by atoms with van der Waals surface area (Å²) in [5, 5.41) is 0. The van der Waals surface area contributed by atoms with E-state index in [1.807, 2.05) is 27.7 Å². The van der Waals surface area contributed by atoms with E-state index < -0.39 is 14.6 Å². The summed E-state index contributed by atoms with van der Waals surface area (Å²) in [5.41, 5.74) is 5.74. The average Bonchev–Trinajstić information content (AvgIpc) is 2.19. The Balaban J connectivity index is 0.00000289. The molecule has 0 atom stereocenters. The van der Waals surface area contributed by atoms with Crippen molar-refractivity contribution in [1.82, 2.24) is 4.90 Å². The highest BCUT2D eigenvalue weighted by Crippen LogP contribution is 2.31. The molecule has 110 valence electrons. The van der Waals surface area contributed by atoms with Crippen molar-refractivity contribution in [3.05, 3.63) is 0 Å². The second-order valence-corrected chi connectivity index (χ2v) is 8.41. The van der Waals surface area contributed by atoms with Gasteiger partial charge in [-0.1, -0.05) is 13.8 Å². The maximum Gasteiger partial charge on any atom is 0.158 e. The Morgan fingerprint density at radius 2 is 1.78 bits per heavy atom. The van der Waals surface area contributed by atoms with Crippen LogP contribution >= 0.6 is 12.4 Å². The number of sulfone groups is 1. The summed E-state index contributed by atoms with van der Waals surface area (Å²) in [4.78, 5) is 2.20. The predicted octanol–water partition coefficient (Wildman–Crippen LogP) is 1.43. The number of rotatable bonds is 4. The van der Waals surface area contributed by atoms with Gasteiger partial charge in [-0.05, 0) is 26.7 Å². The van der Waals surface area contributed by atoms with Crippen LogP contribution in [0.15, 0.2) is 0 Å². The fourth-order valence-electron chi connectivity index (χ4n) is 2.68. The summed E-state index contributed by atoms with van der Waals surface area (Å²) in [7, 11) is -2.96. The lowest BCUT2D eigenvalue weighted by molar-refractivity contribution is 0.194. The fraction of sp³-hybridized carbons (Fsp3) is 1.00. The first-order chi connectivity index (χ1) is 7.66. The standard InChI is InChI=1S/C12H26N2O2S.ClH/c1-5-12(6-2)10-14(9-11(3,4)13)7-8-17(12,15)16;/h5-10,13H2,1-4H3;1H. The summed E-state index contributed by atoms with van der Waals surface area (Å²) in [6.07, 6.45) is 1.38. The summed E-state index contributed by atoms with van der Waals surface area (Å²) in [6, 6.07) is 0. The molecule has 1 aliphatic heterocycles. The SMILES string of the molecule is CCC1(CC)CN(CC(C)(C)N)CCS1(=O)=O.Cl. The van der Waals surface area contributed by atoms with Crippen molar-refractivity contribution >= 4 is 22.2 Å². The summed E-state index contributed by atoms with van der Waals surface area (Å²) >= 11 is 0. The van der Waals surface area contributed by atoms with E-state index in [0.717, 1.165) is 6.54 Å². The summed E-state index contributed by atoms with van der Waals surface area (Å²) in [5.74, 6) is 0.269. The van der Waals surface area contributed by atoms with Crippen molar-refractivity contribution in [2.45, 2.75) is 50.8 Å². The lowest BCUT2D eigenvalue weighted by atomic mass is 9.99. The van der Waals surface area contributed by atoms with Crippen LogP contribution in [0.1, 0.15) is 40.5 Å². The van der Waals surface area contributed by atoms with Gasteiger partial charge in [-0.25, -0.2) is 8.42 Å². The van der Waals surface area contributed by atoms with Gasteiger partial charge in [0.05, 0.1) is 10.5 Å². The highest BCUT2D eigenvalue weighted by atomic mass is 35.5. The van der Waals surface area contributed by atoms with Gasteiger partial charge in [0.1, 0.15) is 0 Å². The van der Waals surface area contributed by atoms with Gasteiger partial charge in [-0.2, -0.15) is 0 Å². The molecule has 4 nitrogen and oxygen atoms in total. The average molecular weight is 299 g/mol. The predicted molar refractivity (Wildman–Crippen MR) is 79.1 cm³/mol. The molecule has 1 saturated heterocycles. The van der Waals surface area contributed by atoms with E-state index >= 15 is 0 Å². The van der Waals surface area contributed by atoms with Crippen LogP contribution in [0.25, 0.3) is 0 Å². The fourth-order valence-corrected chi connectivity index (χ4v) is 4.87. The molecule has 0 unspecified atom stereocenters. The van der Waals surface area contributed by atoms with E-state index in [1.54, 1.807) is 0 Å². The normalized spacial score (nSPS) is 23.4. The number of nitrogens with two attached hydrogens (primary N) is 1. The Morgan fingerprint density at radius 1 is 1.28 bits per heavy atom. The van der Waals surface area contributed by atoms with Gasteiger partial charge in [0.2, 0.25) is 0 Å². The molecule has 0 spiro atoms. The second kappa shape index (κ2) is 6.07. The van der Waals surface area contributed by atoms with E-state index in [2.05, 4.69) is 4.90 Å². The Hall–Kier alpha value is 0.160. The van der Waals surface area contributed by atoms with Gasteiger partial charge in [-0.3, -0.25) is 4.90 Å². The molecule has 0 aromatic carbocycles. The van der Waals surface area contributed by atoms with Gasteiger partial charge in [-0.15, -0.1) is 12.4 Å². The second-order valence-electron chi connectivity index (χ2n) is 5.91. The van der Waals surface area contributed by atoms with Crippen molar-refractivity contribution in [2.75, 3.05) is 25.4 Å². The van der Waals surface area contributed by atoms with Crippen LogP contribution in [0.3, 0.4) is 0 Å². The Bertz CT molecular complexity index is 359. The van der Waals surface area contributed by atoms with E-state index in [0.29, 0.717) is 25.9 Å². The van der Waals surface area contributed by atoms with E-state index in [1.165, 1.54) is 0 Å². The number of nitrogens with zero attached hydrogens (tertiary/aromatic N) is 1. The highest BCUT2D eigenvalue weighted by Gasteiger charge is 2.45. The number of halogens is 1. The third kappa shape index (κ3) is 3.83. The zero-order valence-electron chi connectivity index (χ0n) is 11.9. The molecular weight excluding hydrogens is 272 g/mol. The third-order valence-electron chi connectivity index (χ3n) is 3.77. The van der Waals surface area contributed by atoms with Crippen LogP contribution < -0.4 is 5.73 Å². The van der Waals surface area contributed by atoms with Crippen molar-refractivity contribution in [3.63, 3.8) is 0 Å². The highest BCUT2D eigenvalue weighted by molar-refractivity contribution is 7.92. The van der Waals surface area contributed by atoms with Crippen molar-refractivity contribution in [3.8, 4) is 0 Å². The van der Waals surface area contributed by atoms with Crippen LogP contribution in [0.5, 0.6) is 0 Å². The molecule has 1 aliphatic rings. The molecule has 6 heteroatoms. The van der Waals surface area contributed by atoms with Crippen LogP contribution in [0.2, 0.25) is 0 Å². The third-order valence-corrected chi connectivity index (χ3v) is 6.51. The van der Waals surface area contributed by atoms with Gasteiger partial charge < -0.3 is 5.73 Å². The van der Waals surface area contributed by atoms with E-state index in [-0.39, 0.29) is 23.7 Å². The number of hydrogen-bond acceptors (Lipinski definition) is 4. The molecule has 0 amide bonds. The molecule has 1 fully saturated rings. The van der Waals surface area contributed by atoms with Gasteiger partial charge in [0, 0.05) is 25.2 Å². The number of hydrogen-bond donors (Lipinski definition) is 1. The monoisotopic (exact) mass is 298 g/mol. The van der Waals surface area contributed by atoms with Crippen LogP contribution in [-0.4, -0.2) is 49.0 Å². The van der Waals surface area contributed by atoms with Crippen molar-refractivity contribution < 1.29 is 8.42 Å². The molecule has 0 aliphatic carbocycles. The maximum atomic E-state index is 12.2. The lowest BCUT2D eigenvalue weighted by Crippen LogP contribution is -2.59. The first-order valence-electron chi connectivity index (χ1n) is 6.39. The smallest absolute Gasteiger partial charge is 0.158 e. The topological polar surface area (TPSA) is 63.4 Å². The minimum atomic E-state index is -2.96. The van der Waals surface area contributed by atoms with Crippen molar-refractivity contribution in [1.29, 1.82) is 0 Å². The van der Waals surface area contributed by atoms with Crippen LogP contribution in [0, 0.1) is 0 Å². The van der Waals surface area contributed by atoms with Gasteiger partial charge in [0.25, 0.3) is 0 Å². The van der Waals surface area contributed by atoms with E-state index in [9.17, 15) is 8.42 Å².